The lowest BCUT2D eigenvalue weighted by Crippen LogP contribution is -2.17. The van der Waals surface area contributed by atoms with Gasteiger partial charge < -0.3 is 21.1 Å². The smallest absolute Gasteiger partial charge is 0.263 e. The Morgan fingerprint density at radius 1 is 1.56 bits per heavy atom. The number of thiophene rings is 1. The summed E-state index contributed by atoms with van der Waals surface area (Å²) in [5, 5.41) is 6.75. The maximum atomic E-state index is 11.7. The zero-order valence-electron chi connectivity index (χ0n) is 10.9. The standard InChI is InChI=1S/C12H19N3O2S/c1-12(4-5-12)6-15-11-8(17-3)7(13)9(18-11)10(16)14-2/h15H,4-6,13H2,1-3H3,(H,14,16). The summed E-state index contributed by atoms with van der Waals surface area (Å²) < 4.78 is 5.28. The molecule has 0 bridgehead atoms. The third-order valence-corrected chi connectivity index (χ3v) is 4.46. The number of carbonyl (C=O) groups excluding carboxylic acids is 1. The van der Waals surface area contributed by atoms with Crippen molar-refractivity contribution in [3.63, 3.8) is 0 Å². The summed E-state index contributed by atoms with van der Waals surface area (Å²) in [6, 6.07) is 0. The SMILES string of the molecule is CNC(=O)c1sc(NCC2(C)CC2)c(OC)c1N. The van der Waals surface area contributed by atoms with E-state index in [1.807, 2.05) is 0 Å². The average molecular weight is 269 g/mol. The lowest BCUT2D eigenvalue weighted by atomic mass is 10.1. The maximum Gasteiger partial charge on any atom is 0.263 e. The van der Waals surface area contributed by atoms with Gasteiger partial charge in [0.2, 0.25) is 0 Å². The van der Waals surface area contributed by atoms with E-state index in [1.54, 1.807) is 14.2 Å². The van der Waals surface area contributed by atoms with Crippen molar-refractivity contribution >= 4 is 27.9 Å². The molecule has 1 aliphatic rings. The van der Waals surface area contributed by atoms with Crippen molar-refractivity contribution in [2.45, 2.75) is 19.8 Å². The first-order valence-corrected chi connectivity index (χ1v) is 6.74. The number of nitrogens with two attached hydrogens (primary N) is 1. The van der Waals surface area contributed by atoms with Crippen LogP contribution in [-0.2, 0) is 0 Å². The molecule has 0 unspecified atom stereocenters. The molecular formula is C12H19N3O2S. The first kappa shape index (κ1) is 13.0. The highest BCUT2D eigenvalue weighted by molar-refractivity contribution is 7.19. The molecule has 4 N–H and O–H groups in total. The fraction of sp³-hybridized carbons (Fsp3) is 0.583. The molecule has 2 rings (SSSR count). The van der Waals surface area contributed by atoms with E-state index in [4.69, 9.17) is 10.5 Å². The second-order valence-corrected chi connectivity index (χ2v) is 5.97. The molecule has 0 radical (unpaired) electrons. The van der Waals surface area contributed by atoms with Gasteiger partial charge in [-0.25, -0.2) is 0 Å². The van der Waals surface area contributed by atoms with Crippen LogP contribution in [0.25, 0.3) is 0 Å². The van der Waals surface area contributed by atoms with E-state index < -0.39 is 0 Å². The van der Waals surface area contributed by atoms with Gasteiger partial charge in [-0.2, -0.15) is 0 Å². The first-order chi connectivity index (χ1) is 8.50. The summed E-state index contributed by atoms with van der Waals surface area (Å²) >= 11 is 1.34. The average Bonchev–Trinajstić information content (AvgIpc) is 3.00. The van der Waals surface area contributed by atoms with Gasteiger partial charge in [0, 0.05) is 13.6 Å². The lowest BCUT2D eigenvalue weighted by molar-refractivity contribution is 0.0967. The van der Waals surface area contributed by atoms with E-state index in [0.29, 0.717) is 21.7 Å². The van der Waals surface area contributed by atoms with E-state index in [1.165, 1.54) is 24.2 Å². The Kier molecular flexibility index (Phi) is 3.38. The minimum Gasteiger partial charge on any atom is -0.492 e. The third-order valence-electron chi connectivity index (χ3n) is 3.32. The number of nitrogen functional groups attached to an aromatic ring is 1. The van der Waals surface area contributed by atoms with E-state index in [0.717, 1.165) is 11.5 Å². The second kappa shape index (κ2) is 4.68. The monoisotopic (exact) mass is 269 g/mol. The molecule has 1 heterocycles. The van der Waals surface area contributed by atoms with Crippen LogP contribution in [0.3, 0.4) is 0 Å². The quantitative estimate of drug-likeness (QED) is 0.763. The van der Waals surface area contributed by atoms with Crippen molar-refractivity contribution < 1.29 is 9.53 Å². The molecule has 1 saturated carbocycles. The van der Waals surface area contributed by atoms with E-state index in [9.17, 15) is 4.79 Å². The Balaban J connectivity index is 2.20. The topological polar surface area (TPSA) is 76.4 Å². The van der Waals surface area contributed by atoms with Crippen molar-refractivity contribution in [3.05, 3.63) is 4.88 Å². The summed E-state index contributed by atoms with van der Waals surface area (Å²) in [7, 11) is 3.16. The minimum atomic E-state index is -0.179. The molecular weight excluding hydrogens is 250 g/mol. The van der Waals surface area contributed by atoms with Crippen molar-refractivity contribution in [2.75, 3.05) is 31.8 Å². The molecule has 0 aromatic carbocycles. The van der Waals surface area contributed by atoms with Gasteiger partial charge in [0.1, 0.15) is 15.6 Å². The third kappa shape index (κ3) is 2.38. The van der Waals surface area contributed by atoms with E-state index in [-0.39, 0.29) is 5.91 Å². The van der Waals surface area contributed by atoms with Crippen LogP contribution in [0.15, 0.2) is 0 Å². The predicted molar refractivity (Wildman–Crippen MR) is 74.5 cm³/mol. The second-order valence-electron chi connectivity index (χ2n) is 4.95. The van der Waals surface area contributed by atoms with Crippen molar-refractivity contribution in [1.82, 2.24) is 5.32 Å². The van der Waals surface area contributed by atoms with Crippen LogP contribution in [0, 0.1) is 5.41 Å². The van der Waals surface area contributed by atoms with Crippen LogP contribution in [0.2, 0.25) is 0 Å². The Labute approximate surface area is 111 Å². The van der Waals surface area contributed by atoms with Crippen molar-refractivity contribution in [2.24, 2.45) is 5.41 Å². The minimum absolute atomic E-state index is 0.179. The van der Waals surface area contributed by atoms with Crippen LogP contribution < -0.4 is 21.1 Å². The normalized spacial score (nSPS) is 16.2. The molecule has 1 amide bonds. The Morgan fingerprint density at radius 2 is 2.22 bits per heavy atom. The molecule has 0 atom stereocenters. The van der Waals surface area contributed by atoms with Gasteiger partial charge in [0.15, 0.2) is 5.75 Å². The summed E-state index contributed by atoms with van der Waals surface area (Å²) in [5.41, 5.74) is 6.72. The summed E-state index contributed by atoms with van der Waals surface area (Å²) in [5.74, 6) is 0.393. The molecule has 5 nitrogen and oxygen atoms in total. The highest BCUT2D eigenvalue weighted by Crippen LogP contribution is 2.47. The van der Waals surface area contributed by atoms with Gasteiger partial charge in [-0.15, -0.1) is 11.3 Å². The summed E-state index contributed by atoms with van der Waals surface area (Å²) in [4.78, 5) is 12.2. The van der Waals surface area contributed by atoms with Crippen LogP contribution in [0.1, 0.15) is 29.4 Å². The highest BCUT2D eigenvalue weighted by Gasteiger charge is 2.37. The number of nitrogens with one attached hydrogen (secondary N) is 2. The molecule has 1 aromatic rings. The Morgan fingerprint density at radius 3 is 2.72 bits per heavy atom. The molecule has 100 valence electrons. The number of rotatable bonds is 5. The predicted octanol–water partition coefficient (Wildman–Crippen LogP) is 1.91. The van der Waals surface area contributed by atoms with Crippen LogP contribution in [0.5, 0.6) is 5.75 Å². The number of hydrogen-bond donors (Lipinski definition) is 3. The number of carbonyl (C=O) groups is 1. The molecule has 1 aliphatic carbocycles. The number of methoxy groups -OCH3 is 1. The largest absolute Gasteiger partial charge is 0.492 e. The fourth-order valence-corrected chi connectivity index (χ4v) is 2.75. The molecule has 0 aliphatic heterocycles. The molecule has 1 aromatic heterocycles. The van der Waals surface area contributed by atoms with Gasteiger partial charge in [-0.05, 0) is 18.3 Å². The number of hydrogen-bond acceptors (Lipinski definition) is 5. The lowest BCUT2D eigenvalue weighted by Gasteiger charge is -2.11. The molecule has 18 heavy (non-hydrogen) atoms. The first-order valence-electron chi connectivity index (χ1n) is 5.93. The van der Waals surface area contributed by atoms with Crippen LogP contribution in [-0.4, -0.2) is 26.6 Å². The van der Waals surface area contributed by atoms with E-state index >= 15 is 0 Å². The maximum absolute atomic E-state index is 11.7. The zero-order valence-corrected chi connectivity index (χ0v) is 11.7. The Hall–Kier alpha value is -1.43. The number of anilines is 2. The van der Waals surface area contributed by atoms with Gasteiger partial charge in [-0.1, -0.05) is 6.92 Å². The van der Waals surface area contributed by atoms with Gasteiger partial charge in [-0.3, -0.25) is 4.79 Å². The number of amides is 1. The Bertz CT molecular complexity index is 466. The zero-order chi connectivity index (χ0) is 13.3. The van der Waals surface area contributed by atoms with Gasteiger partial charge >= 0.3 is 0 Å². The summed E-state index contributed by atoms with van der Waals surface area (Å²) in [6.07, 6.45) is 2.48. The van der Waals surface area contributed by atoms with Crippen molar-refractivity contribution in [1.29, 1.82) is 0 Å². The fourth-order valence-electron chi connectivity index (χ4n) is 1.71. The number of ether oxygens (including phenoxy) is 1. The molecule has 0 saturated heterocycles. The molecule has 1 fully saturated rings. The molecule has 6 heteroatoms. The molecule has 0 spiro atoms. The highest BCUT2D eigenvalue weighted by atomic mass is 32.1. The van der Waals surface area contributed by atoms with Crippen LogP contribution in [0.4, 0.5) is 10.7 Å². The van der Waals surface area contributed by atoms with Crippen LogP contribution >= 0.6 is 11.3 Å². The van der Waals surface area contributed by atoms with Gasteiger partial charge in [0.25, 0.3) is 5.91 Å². The van der Waals surface area contributed by atoms with Gasteiger partial charge in [0.05, 0.1) is 7.11 Å². The summed E-state index contributed by atoms with van der Waals surface area (Å²) in [6.45, 7) is 3.12. The van der Waals surface area contributed by atoms with E-state index in [2.05, 4.69) is 17.6 Å². The van der Waals surface area contributed by atoms with Crippen molar-refractivity contribution in [3.8, 4) is 5.75 Å².